The Labute approximate surface area is 139 Å². The predicted octanol–water partition coefficient (Wildman–Crippen LogP) is 1.10. The van der Waals surface area contributed by atoms with Crippen LogP contribution in [-0.2, 0) is 14.3 Å². The van der Waals surface area contributed by atoms with E-state index < -0.39 is 24.0 Å². The van der Waals surface area contributed by atoms with Gasteiger partial charge in [-0.05, 0) is 31.2 Å². The number of esters is 1. The second-order valence-corrected chi connectivity index (χ2v) is 4.59. The first-order valence-corrected chi connectivity index (χ1v) is 7.04. The summed E-state index contributed by atoms with van der Waals surface area (Å²) in [6.45, 7) is 1.36. The fourth-order valence-corrected chi connectivity index (χ4v) is 1.67. The molecule has 0 fully saturated rings. The van der Waals surface area contributed by atoms with Gasteiger partial charge in [0.1, 0.15) is 11.5 Å². The smallest absolute Gasteiger partial charge is 0.331 e. The van der Waals surface area contributed by atoms with E-state index in [1.807, 2.05) is 5.32 Å². The highest BCUT2D eigenvalue weighted by atomic mass is 16.5. The van der Waals surface area contributed by atoms with Gasteiger partial charge in [-0.1, -0.05) is 0 Å². The third-order valence-corrected chi connectivity index (χ3v) is 2.96. The molecule has 24 heavy (non-hydrogen) atoms. The molecule has 0 aliphatic heterocycles. The summed E-state index contributed by atoms with van der Waals surface area (Å²) in [5.74, 6) is -0.318. The van der Waals surface area contributed by atoms with Gasteiger partial charge >= 0.3 is 12.0 Å². The quantitative estimate of drug-likeness (QED) is 0.596. The topological polar surface area (TPSA) is 103 Å². The maximum absolute atomic E-state index is 11.8. The van der Waals surface area contributed by atoms with Crippen molar-refractivity contribution in [2.45, 2.75) is 13.0 Å². The van der Waals surface area contributed by atoms with Crippen LogP contribution in [0.15, 0.2) is 24.3 Å². The molecule has 1 aromatic carbocycles. The lowest BCUT2D eigenvalue weighted by Crippen LogP contribution is -2.43. The summed E-state index contributed by atoms with van der Waals surface area (Å²) in [6.07, 6.45) is 1.51. The number of rotatable bonds is 6. The number of carbonyl (C=O) groups excluding carboxylic acids is 3. The molecule has 0 unspecified atom stereocenters. The molecule has 3 amide bonds. The average molecular weight is 336 g/mol. The van der Waals surface area contributed by atoms with E-state index in [-0.39, 0.29) is 0 Å². The maximum atomic E-state index is 11.8. The van der Waals surface area contributed by atoms with E-state index in [9.17, 15) is 14.4 Å². The number of ether oxygens (including phenoxy) is 3. The van der Waals surface area contributed by atoms with Crippen LogP contribution < -0.4 is 20.1 Å². The zero-order valence-electron chi connectivity index (χ0n) is 13.9. The van der Waals surface area contributed by atoms with Gasteiger partial charge in [-0.25, -0.2) is 9.59 Å². The second-order valence-electron chi connectivity index (χ2n) is 4.59. The van der Waals surface area contributed by atoms with Gasteiger partial charge in [0.05, 0.1) is 14.2 Å². The Bertz CT molecular complexity index is 641. The molecule has 1 rings (SSSR count). The first-order valence-electron chi connectivity index (χ1n) is 7.04. The van der Waals surface area contributed by atoms with Crippen LogP contribution >= 0.6 is 0 Å². The summed E-state index contributed by atoms with van der Waals surface area (Å²) in [4.78, 5) is 34.4. The van der Waals surface area contributed by atoms with Crippen molar-refractivity contribution in [1.82, 2.24) is 10.6 Å². The largest absolute Gasteiger partial charge is 0.497 e. The number of hydrogen-bond acceptors (Lipinski definition) is 6. The molecule has 0 heterocycles. The van der Waals surface area contributed by atoms with Crippen LogP contribution in [0, 0.1) is 0 Å². The number of hydrogen-bond donors (Lipinski definition) is 2. The minimum absolute atomic E-state index is 0.547. The molecule has 0 saturated carbocycles. The standard InChI is InChI=1S/C16H20N2O6/c1-10(15(20)18-16(21)17-2)24-14(19)8-5-11-9-12(22-3)6-7-13(11)23-4/h5-10H,1-4H3,(H2,17,18,20,21)/b8-5+/t10-/m1/s1. The lowest BCUT2D eigenvalue weighted by Gasteiger charge is -2.11. The van der Waals surface area contributed by atoms with Gasteiger partial charge in [-0.3, -0.25) is 10.1 Å². The summed E-state index contributed by atoms with van der Waals surface area (Å²) in [5.41, 5.74) is 0.608. The van der Waals surface area contributed by atoms with Crippen molar-refractivity contribution in [1.29, 1.82) is 0 Å². The fraction of sp³-hybridized carbons (Fsp3) is 0.312. The molecular weight excluding hydrogens is 316 g/mol. The van der Waals surface area contributed by atoms with Crippen LogP contribution in [0.3, 0.4) is 0 Å². The predicted molar refractivity (Wildman–Crippen MR) is 86.7 cm³/mol. The summed E-state index contributed by atoms with van der Waals surface area (Å²) < 4.78 is 15.2. The van der Waals surface area contributed by atoms with Gasteiger partial charge in [-0.2, -0.15) is 0 Å². The van der Waals surface area contributed by atoms with E-state index in [4.69, 9.17) is 14.2 Å². The molecule has 0 spiro atoms. The van der Waals surface area contributed by atoms with Gasteiger partial charge < -0.3 is 19.5 Å². The van der Waals surface area contributed by atoms with E-state index >= 15 is 0 Å². The lowest BCUT2D eigenvalue weighted by molar-refractivity contribution is -0.149. The van der Waals surface area contributed by atoms with Gasteiger partial charge in [0.2, 0.25) is 0 Å². The van der Waals surface area contributed by atoms with Crippen LogP contribution in [0.2, 0.25) is 0 Å². The zero-order valence-corrected chi connectivity index (χ0v) is 13.9. The number of methoxy groups -OCH3 is 2. The summed E-state index contributed by atoms with van der Waals surface area (Å²) in [6, 6.07) is 4.42. The van der Waals surface area contributed by atoms with Crippen LogP contribution in [-0.4, -0.2) is 45.3 Å². The second kappa shape index (κ2) is 9.19. The van der Waals surface area contributed by atoms with Crippen molar-refractivity contribution in [3.63, 3.8) is 0 Å². The number of benzene rings is 1. The van der Waals surface area contributed by atoms with Crippen molar-refractivity contribution in [2.75, 3.05) is 21.3 Å². The Balaban J connectivity index is 2.72. The molecule has 0 saturated heterocycles. The fourth-order valence-electron chi connectivity index (χ4n) is 1.67. The van der Waals surface area contributed by atoms with Crippen LogP contribution in [0.4, 0.5) is 4.79 Å². The maximum Gasteiger partial charge on any atom is 0.331 e. The van der Waals surface area contributed by atoms with Gasteiger partial charge in [-0.15, -0.1) is 0 Å². The highest BCUT2D eigenvalue weighted by Crippen LogP contribution is 2.25. The molecule has 1 atom stereocenters. The molecule has 0 radical (unpaired) electrons. The van der Waals surface area contributed by atoms with Crippen LogP contribution in [0.1, 0.15) is 12.5 Å². The Morgan fingerprint density at radius 2 is 1.88 bits per heavy atom. The molecule has 8 heteroatoms. The van der Waals surface area contributed by atoms with E-state index in [1.54, 1.807) is 18.2 Å². The minimum Gasteiger partial charge on any atom is -0.497 e. The highest BCUT2D eigenvalue weighted by Gasteiger charge is 2.18. The number of urea groups is 1. The van der Waals surface area contributed by atoms with Crippen LogP contribution in [0.25, 0.3) is 6.08 Å². The van der Waals surface area contributed by atoms with Gasteiger partial charge in [0.15, 0.2) is 6.10 Å². The Morgan fingerprint density at radius 3 is 2.46 bits per heavy atom. The number of imide groups is 1. The molecule has 0 aromatic heterocycles. The van der Waals surface area contributed by atoms with E-state index in [2.05, 4.69) is 5.32 Å². The third kappa shape index (κ3) is 5.64. The minimum atomic E-state index is -1.12. The van der Waals surface area contributed by atoms with Gasteiger partial charge in [0, 0.05) is 18.7 Å². The van der Waals surface area contributed by atoms with E-state index in [0.29, 0.717) is 17.1 Å². The molecule has 0 aliphatic carbocycles. The SMILES string of the molecule is CNC(=O)NC(=O)[C@@H](C)OC(=O)/C=C/c1cc(OC)ccc1OC. The first-order chi connectivity index (χ1) is 11.4. The number of carbonyl (C=O) groups is 3. The first kappa shape index (κ1) is 19.0. The molecule has 130 valence electrons. The molecule has 0 aliphatic rings. The normalized spacial score (nSPS) is 11.5. The van der Waals surface area contributed by atoms with Crippen molar-refractivity contribution in [3.05, 3.63) is 29.8 Å². The summed E-state index contributed by atoms with van der Waals surface area (Å²) >= 11 is 0. The van der Waals surface area contributed by atoms with E-state index in [0.717, 1.165) is 6.08 Å². The van der Waals surface area contributed by atoms with Crippen molar-refractivity contribution >= 4 is 24.0 Å². The van der Waals surface area contributed by atoms with Crippen LogP contribution in [0.5, 0.6) is 11.5 Å². The number of nitrogens with one attached hydrogen (secondary N) is 2. The molecule has 2 N–H and O–H groups in total. The number of amides is 3. The Kier molecular flexibility index (Phi) is 7.28. The molecular formula is C16H20N2O6. The van der Waals surface area contributed by atoms with Gasteiger partial charge in [0.25, 0.3) is 5.91 Å². The van der Waals surface area contributed by atoms with Crippen molar-refractivity contribution in [2.24, 2.45) is 0 Å². The molecule has 8 nitrogen and oxygen atoms in total. The zero-order chi connectivity index (χ0) is 18.1. The monoisotopic (exact) mass is 336 g/mol. The van der Waals surface area contributed by atoms with Crippen molar-refractivity contribution < 1.29 is 28.6 Å². The molecule has 0 bridgehead atoms. The highest BCUT2D eigenvalue weighted by molar-refractivity contribution is 5.98. The Hall–Kier alpha value is -3.03. The van der Waals surface area contributed by atoms with Crippen molar-refractivity contribution in [3.8, 4) is 11.5 Å². The lowest BCUT2D eigenvalue weighted by atomic mass is 10.1. The molecule has 1 aromatic rings. The summed E-state index contributed by atoms with van der Waals surface area (Å²) in [7, 11) is 4.39. The van der Waals surface area contributed by atoms with E-state index in [1.165, 1.54) is 34.3 Å². The Morgan fingerprint density at radius 1 is 1.17 bits per heavy atom. The summed E-state index contributed by atoms with van der Waals surface area (Å²) in [5, 5.41) is 4.24. The third-order valence-electron chi connectivity index (χ3n) is 2.96. The average Bonchev–Trinajstić information content (AvgIpc) is 2.59.